The van der Waals surface area contributed by atoms with Crippen LogP contribution in [0.5, 0.6) is 0 Å². The maximum atomic E-state index is 12.0. The number of ether oxygens (including phenoxy) is 1. The van der Waals surface area contributed by atoms with E-state index in [9.17, 15) is 9.59 Å². The standard InChI is InChI=1S/C11H10Cl2N2O3/c1-18-5-9-10(16)15(11(17)14-9)6-2-3-7(12)8(13)4-6/h2-4,9H,5H2,1H3,(H,14,17). The highest BCUT2D eigenvalue weighted by molar-refractivity contribution is 6.42. The van der Waals surface area contributed by atoms with Gasteiger partial charge in [-0.25, -0.2) is 9.69 Å². The van der Waals surface area contributed by atoms with Crippen molar-refractivity contribution in [1.29, 1.82) is 0 Å². The first-order valence-corrected chi connectivity index (χ1v) is 5.88. The molecule has 1 aromatic rings. The Morgan fingerprint density at radius 1 is 1.33 bits per heavy atom. The zero-order valence-electron chi connectivity index (χ0n) is 9.44. The zero-order chi connectivity index (χ0) is 13.3. The number of benzene rings is 1. The van der Waals surface area contributed by atoms with E-state index in [0.717, 1.165) is 4.90 Å². The van der Waals surface area contributed by atoms with Gasteiger partial charge in [0.15, 0.2) is 0 Å². The van der Waals surface area contributed by atoms with E-state index in [2.05, 4.69) is 5.32 Å². The van der Waals surface area contributed by atoms with Crippen LogP contribution >= 0.6 is 23.2 Å². The Bertz CT molecular complexity index is 507. The molecule has 1 fully saturated rings. The Morgan fingerprint density at radius 3 is 2.67 bits per heavy atom. The summed E-state index contributed by atoms with van der Waals surface area (Å²) >= 11 is 11.6. The van der Waals surface area contributed by atoms with Crippen molar-refractivity contribution in [2.45, 2.75) is 6.04 Å². The molecule has 1 N–H and O–H groups in total. The molecule has 1 aromatic carbocycles. The molecule has 0 saturated carbocycles. The van der Waals surface area contributed by atoms with Crippen LogP contribution in [0.3, 0.4) is 0 Å². The molecular weight excluding hydrogens is 279 g/mol. The fourth-order valence-electron chi connectivity index (χ4n) is 1.68. The lowest BCUT2D eigenvalue weighted by Gasteiger charge is -2.13. The van der Waals surface area contributed by atoms with Crippen LogP contribution in [0, 0.1) is 0 Å². The number of carbonyl (C=O) groups is 2. The summed E-state index contributed by atoms with van der Waals surface area (Å²) in [4.78, 5) is 24.7. The summed E-state index contributed by atoms with van der Waals surface area (Å²) in [5.74, 6) is -0.375. The van der Waals surface area contributed by atoms with Crippen LogP contribution in [0.4, 0.5) is 10.5 Å². The lowest BCUT2D eigenvalue weighted by Crippen LogP contribution is -2.34. The predicted molar refractivity (Wildman–Crippen MR) is 68.1 cm³/mol. The normalized spacial score (nSPS) is 19.3. The minimum atomic E-state index is -0.669. The van der Waals surface area contributed by atoms with E-state index in [0.29, 0.717) is 10.7 Å². The fourth-order valence-corrected chi connectivity index (χ4v) is 1.97. The molecule has 0 spiro atoms. The van der Waals surface area contributed by atoms with Crippen molar-refractivity contribution in [2.75, 3.05) is 18.6 Å². The maximum Gasteiger partial charge on any atom is 0.329 e. The summed E-state index contributed by atoms with van der Waals surface area (Å²) in [6.45, 7) is 0.127. The minimum absolute atomic E-state index is 0.127. The fraction of sp³-hybridized carbons (Fsp3) is 0.273. The number of hydrogen-bond donors (Lipinski definition) is 1. The zero-order valence-corrected chi connectivity index (χ0v) is 11.0. The number of hydrogen-bond acceptors (Lipinski definition) is 3. The predicted octanol–water partition coefficient (Wildman–Crippen LogP) is 2.06. The Kier molecular flexibility index (Phi) is 3.75. The van der Waals surface area contributed by atoms with E-state index in [-0.39, 0.29) is 17.5 Å². The third-order valence-electron chi connectivity index (χ3n) is 2.51. The second kappa shape index (κ2) is 5.14. The molecule has 0 aromatic heterocycles. The van der Waals surface area contributed by atoms with Gasteiger partial charge < -0.3 is 10.1 Å². The number of nitrogens with zero attached hydrogens (tertiary/aromatic N) is 1. The van der Waals surface area contributed by atoms with Crippen molar-refractivity contribution in [1.82, 2.24) is 5.32 Å². The maximum absolute atomic E-state index is 12.0. The van der Waals surface area contributed by atoms with Crippen molar-refractivity contribution in [3.63, 3.8) is 0 Å². The van der Waals surface area contributed by atoms with Gasteiger partial charge in [0, 0.05) is 7.11 Å². The Labute approximate surface area is 114 Å². The molecule has 96 valence electrons. The van der Waals surface area contributed by atoms with E-state index in [1.807, 2.05) is 0 Å². The first-order chi connectivity index (χ1) is 8.54. The minimum Gasteiger partial charge on any atom is -0.382 e. The van der Waals surface area contributed by atoms with Crippen molar-refractivity contribution in [3.05, 3.63) is 28.2 Å². The summed E-state index contributed by atoms with van der Waals surface area (Å²) in [6.07, 6.45) is 0. The summed E-state index contributed by atoms with van der Waals surface area (Å²) in [5, 5.41) is 3.17. The molecule has 0 bridgehead atoms. The van der Waals surface area contributed by atoms with Gasteiger partial charge in [-0.1, -0.05) is 23.2 Å². The first kappa shape index (κ1) is 13.1. The van der Waals surface area contributed by atoms with Crippen LogP contribution in [-0.4, -0.2) is 31.7 Å². The van der Waals surface area contributed by atoms with Crippen molar-refractivity contribution >= 4 is 40.8 Å². The molecule has 1 aliphatic heterocycles. The molecule has 0 radical (unpaired) electrons. The number of halogens is 2. The smallest absolute Gasteiger partial charge is 0.329 e. The van der Waals surface area contributed by atoms with Crippen LogP contribution in [0.2, 0.25) is 10.0 Å². The van der Waals surface area contributed by atoms with Gasteiger partial charge in [0.2, 0.25) is 0 Å². The van der Waals surface area contributed by atoms with Crippen molar-refractivity contribution in [2.24, 2.45) is 0 Å². The number of nitrogens with one attached hydrogen (secondary N) is 1. The van der Waals surface area contributed by atoms with Gasteiger partial charge in [0.05, 0.1) is 22.3 Å². The highest BCUT2D eigenvalue weighted by Crippen LogP contribution is 2.28. The van der Waals surface area contributed by atoms with Crippen LogP contribution < -0.4 is 10.2 Å². The molecule has 2 rings (SSSR count). The highest BCUT2D eigenvalue weighted by atomic mass is 35.5. The van der Waals surface area contributed by atoms with Gasteiger partial charge in [-0.3, -0.25) is 4.79 Å². The SMILES string of the molecule is COCC1NC(=O)N(c2ccc(Cl)c(Cl)c2)C1=O. The van der Waals surface area contributed by atoms with Crippen molar-refractivity contribution in [3.8, 4) is 0 Å². The average molecular weight is 289 g/mol. The summed E-state index contributed by atoms with van der Waals surface area (Å²) in [5.41, 5.74) is 0.380. The second-order valence-corrected chi connectivity index (χ2v) is 4.54. The molecular formula is C11H10Cl2N2O3. The third-order valence-corrected chi connectivity index (χ3v) is 3.25. The number of carbonyl (C=O) groups excluding carboxylic acids is 2. The Balaban J connectivity index is 2.30. The molecule has 18 heavy (non-hydrogen) atoms. The summed E-state index contributed by atoms with van der Waals surface area (Å²) in [6, 6.07) is 3.39. The van der Waals surface area contributed by atoms with Crippen LogP contribution in [0.1, 0.15) is 0 Å². The number of imide groups is 1. The van der Waals surface area contributed by atoms with Crippen LogP contribution in [-0.2, 0) is 9.53 Å². The van der Waals surface area contributed by atoms with Gasteiger partial charge in [0.1, 0.15) is 6.04 Å². The summed E-state index contributed by atoms with van der Waals surface area (Å²) in [7, 11) is 1.46. The third kappa shape index (κ3) is 2.29. The monoisotopic (exact) mass is 288 g/mol. The van der Waals surface area contributed by atoms with Gasteiger partial charge >= 0.3 is 6.03 Å². The van der Waals surface area contributed by atoms with E-state index in [4.69, 9.17) is 27.9 Å². The second-order valence-electron chi connectivity index (χ2n) is 3.73. The molecule has 1 heterocycles. The van der Waals surface area contributed by atoms with E-state index in [1.54, 1.807) is 6.07 Å². The van der Waals surface area contributed by atoms with E-state index >= 15 is 0 Å². The van der Waals surface area contributed by atoms with Crippen LogP contribution in [0.25, 0.3) is 0 Å². The average Bonchev–Trinajstić information content (AvgIpc) is 2.59. The van der Waals surface area contributed by atoms with Gasteiger partial charge in [-0.2, -0.15) is 0 Å². The lowest BCUT2D eigenvalue weighted by atomic mass is 10.2. The quantitative estimate of drug-likeness (QED) is 0.866. The van der Waals surface area contributed by atoms with Gasteiger partial charge in [0.25, 0.3) is 5.91 Å². The number of rotatable bonds is 3. The Morgan fingerprint density at radius 2 is 2.06 bits per heavy atom. The molecule has 3 amide bonds. The van der Waals surface area contributed by atoms with Gasteiger partial charge in [-0.15, -0.1) is 0 Å². The topological polar surface area (TPSA) is 58.6 Å². The Hall–Kier alpha value is -1.30. The first-order valence-electron chi connectivity index (χ1n) is 5.13. The molecule has 0 aliphatic carbocycles. The van der Waals surface area contributed by atoms with Gasteiger partial charge in [-0.05, 0) is 18.2 Å². The lowest BCUT2D eigenvalue weighted by molar-refractivity contribution is -0.119. The van der Waals surface area contributed by atoms with E-state index in [1.165, 1.54) is 19.2 Å². The van der Waals surface area contributed by atoms with Crippen molar-refractivity contribution < 1.29 is 14.3 Å². The molecule has 5 nitrogen and oxygen atoms in total. The number of methoxy groups -OCH3 is 1. The van der Waals surface area contributed by atoms with E-state index < -0.39 is 12.1 Å². The molecule has 1 aliphatic rings. The largest absolute Gasteiger partial charge is 0.382 e. The molecule has 1 atom stereocenters. The number of anilines is 1. The summed E-state index contributed by atoms with van der Waals surface area (Å²) < 4.78 is 4.86. The molecule has 7 heteroatoms. The molecule has 1 saturated heterocycles. The number of urea groups is 1. The highest BCUT2D eigenvalue weighted by Gasteiger charge is 2.39. The number of amides is 3. The molecule has 1 unspecified atom stereocenters. The van der Waals surface area contributed by atoms with Crippen LogP contribution in [0.15, 0.2) is 18.2 Å².